The molecule has 0 fully saturated rings. The summed E-state index contributed by atoms with van der Waals surface area (Å²) in [6, 6.07) is 14.2. The number of hydrogen-bond donors (Lipinski definition) is 1. The van der Waals surface area contributed by atoms with E-state index >= 15 is 0 Å². The highest BCUT2D eigenvalue weighted by molar-refractivity contribution is 9.10. The molecule has 0 aliphatic heterocycles. The van der Waals surface area contributed by atoms with Gasteiger partial charge in [0.15, 0.2) is 5.65 Å². The summed E-state index contributed by atoms with van der Waals surface area (Å²) in [7, 11) is 1.60. The molecule has 0 radical (unpaired) electrons. The molecule has 8 heteroatoms. The van der Waals surface area contributed by atoms with Gasteiger partial charge in [-0.1, -0.05) is 28.1 Å². The molecule has 1 atom stereocenters. The van der Waals surface area contributed by atoms with Gasteiger partial charge in [0.2, 0.25) is 5.91 Å². The van der Waals surface area contributed by atoms with Gasteiger partial charge in [0.05, 0.1) is 12.6 Å². The number of rotatable bonds is 5. The molecule has 0 unspecified atom stereocenters. The molecule has 0 aliphatic rings. The lowest BCUT2D eigenvalue weighted by Crippen LogP contribution is -2.32. The Morgan fingerprint density at radius 3 is 2.77 bits per heavy atom. The summed E-state index contributed by atoms with van der Waals surface area (Å²) in [4.78, 5) is 29.3. The number of aryl methyl sites for hydroxylation is 1. The first-order valence-corrected chi connectivity index (χ1v) is 10.3. The molecule has 0 aliphatic carbocycles. The highest BCUT2D eigenvalue weighted by Gasteiger charge is 2.22. The second-order valence-electron chi connectivity index (χ2n) is 7.08. The Balaban J connectivity index is 1.72. The van der Waals surface area contributed by atoms with Crippen LogP contribution < -0.4 is 15.6 Å². The molecule has 1 amide bonds. The number of hydrogen-bond acceptors (Lipinski definition) is 4. The summed E-state index contributed by atoms with van der Waals surface area (Å²) < 4.78 is 10.0. The summed E-state index contributed by atoms with van der Waals surface area (Å²) in [5.41, 5.74) is 2.67. The minimum atomic E-state index is -0.534. The number of nitrogens with one attached hydrogen (secondary N) is 1. The van der Waals surface area contributed by atoms with E-state index in [0.29, 0.717) is 17.9 Å². The molecule has 1 N–H and O–H groups in total. The quantitative estimate of drug-likeness (QED) is 0.485. The third-order valence-corrected chi connectivity index (χ3v) is 5.63. The van der Waals surface area contributed by atoms with Gasteiger partial charge in [0, 0.05) is 33.7 Å². The fraction of sp³-hybridized carbons (Fsp3) is 0.227. The van der Waals surface area contributed by atoms with Gasteiger partial charge in [-0.25, -0.2) is 4.52 Å². The van der Waals surface area contributed by atoms with Gasteiger partial charge in [-0.05, 0) is 44.2 Å². The minimum absolute atomic E-state index is 0.155. The van der Waals surface area contributed by atoms with Crippen LogP contribution >= 0.6 is 15.9 Å². The van der Waals surface area contributed by atoms with Crippen molar-refractivity contribution in [3.05, 3.63) is 74.6 Å². The van der Waals surface area contributed by atoms with E-state index in [-0.39, 0.29) is 11.5 Å². The molecule has 0 bridgehead atoms. The lowest BCUT2D eigenvalue weighted by Gasteiger charge is -2.18. The second kappa shape index (κ2) is 7.95. The van der Waals surface area contributed by atoms with Gasteiger partial charge in [-0.15, -0.1) is 0 Å². The van der Waals surface area contributed by atoms with Crippen molar-refractivity contribution in [1.82, 2.24) is 19.5 Å². The first-order valence-electron chi connectivity index (χ1n) is 9.50. The van der Waals surface area contributed by atoms with Crippen molar-refractivity contribution in [3.8, 4) is 5.75 Å². The van der Waals surface area contributed by atoms with Crippen LogP contribution in [0.2, 0.25) is 0 Å². The molecule has 4 aromatic rings. The van der Waals surface area contributed by atoms with Crippen LogP contribution in [0.5, 0.6) is 5.75 Å². The molecule has 2 aromatic heterocycles. The minimum Gasteiger partial charge on any atom is -0.496 e. The Hall–Kier alpha value is -3.13. The van der Waals surface area contributed by atoms with Crippen LogP contribution in [0, 0.1) is 6.92 Å². The van der Waals surface area contributed by atoms with Crippen LogP contribution in [0.25, 0.3) is 16.6 Å². The fourth-order valence-corrected chi connectivity index (χ4v) is 4.12. The summed E-state index contributed by atoms with van der Waals surface area (Å²) in [5, 5.41) is 3.82. The van der Waals surface area contributed by atoms with E-state index in [4.69, 9.17) is 4.74 Å². The van der Waals surface area contributed by atoms with Gasteiger partial charge in [-0.2, -0.15) is 4.98 Å². The summed E-state index contributed by atoms with van der Waals surface area (Å²) in [6.07, 6.45) is 0. The number of benzene rings is 2. The molecule has 7 nitrogen and oxygen atoms in total. The molecule has 0 saturated carbocycles. The van der Waals surface area contributed by atoms with Gasteiger partial charge in [-0.3, -0.25) is 14.3 Å². The smallest absolute Gasteiger partial charge is 0.273 e. The van der Waals surface area contributed by atoms with Crippen molar-refractivity contribution in [3.63, 3.8) is 0 Å². The van der Waals surface area contributed by atoms with Crippen LogP contribution in [-0.2, 0) is 11.3 Å². The molecule has 30 heavy (non-hydrogen) atoms. The molecular weight excluding hydrogens is 448 g/mol. The highest BCUT2D eigenvalue weighted by Crippen LogP contribution is 2.26. The zero-order valence-corrected chi connectivity index (χ0v) is 18.4. The van der Waals surface area contributed by atoms with Gasteiger partial charge in [0.1, 0.15) is 11.8 Å². The normalized spacial score (nSPS) is 12.3. The molecule has 2 heterocycles. The van der Waals surface area contributed by atoms with Gasteiger partial charge in [0.25, 0.3) is 5.56 Å². The molecular formula is C22H21BrN4O3. The Bertz CT molecular complexity index is 1330. The Kier molecular flexibility index (Phi) is 5.34. The maximum absolute atomic E-state index is 13.1. The second-order valence-corrected chi connectivity index (χ2v) is 8.00. The number of amides is 1. The van der Waals surface area contributed by atoms with E-state index in [0.717, 1.165) is 26.6 Å². The topological polar surface area (TPSA) is 77.6 Å². The number of carbonyl (C=O) groups excluding carboxylic acids is 1. The van der Waals surface area contributed by atoms with Crippen LogP contribution in [0.3, 0.4) is 0 Å². The molecule has 4 rings (SSSR count). The Morgan fingerprint density at radius 2 is 2.00 bits per heavy atom. The number of halogens is 1. The lowest BCUT2D eigenvalue weighted by molar-refractivity contribution is -0.124. The lowest BCUT2D eigenvalue weighted by atomic mass is 10.2. The predicted molar refractivity (Wildman–Crippen MR) is 119 cm³/mol. The zero-order chi connectivity index (χ0) is 21.4. The first-order chi connectivity index (χ1) is 14.4. The highest BCUT2D eigenvalue weighted by atomic mass is 79.9. The number of carbonyl (C=O) groups is 1. The first kappa shape index (κ1) is 20.2. The zero-order valence-electron chi connectivity index (χ0n) is 16.8. The Labute approximate surface area is 181 Å². The van der Waals surface area contributed by atoms with Gasteiger partial charge >= 0.3 is 0 Å². The van der Waals surface area contributed by atoms with Crippen LogP contribution in [0.1, 0.15) is 24.2 Å². The van der Waals surface area contributed by atoms with Gasteiger partial charge < -0.3 is 10.1 Å². The maximum Gasteiger partial charge on any atom is 0.273 e. The third-order valence-electron chi connectivity index (χ3n) is 5.13. The average molecular weight is 469 g/mol. The number of aromatic nitrogens is 3. The third kappa shape index (κ3) is 3.47. The van der Waals surface area contributed by atoms with Crippen molar-refractivity contribution >= 4 is 38.4 Å². The van der Waals surface area contributed by atoms with Crippen LogP contribution in [0.15, 0.2) is 57.8 Å². The molecule has 2 aromatic carbocycles. The average Bonchev–Trinajstić information content (AvgIpc) is 3.06. The van der Waals surface area contributed by atoms with E-state index in [9.17, 15) is 9.59 Å². The largest absolute Gasteiger partial charge is 0.496 e. The van der Waals surface area contributed by atoms with Crippen LogP contribution in [0.4, 0.5) is 0 Å². The molecule has 0 spiro atoms. The summed E-state index contributed by atoms with van der Waals surface area (Å²) in [5.74, 6) is 0.554. The monoisotopic (exact) mass is 468 g/mol. The predicted octanol–water partition coefficient (Wildman–Crippen LogP) is 3.61. The van der Waals surface area contributed by atoms with Crippen molar-refractivity contribution in [2.75, 3.05) is 7.11 Å². The maximum atomic E-state index is 13.1. The van der Waals surface area contributed by atoms with E-state index in [2.05, 4.69) is 26.2 Å². The SMILES string of the molecule is COc1ccc(Br)cc1CNC(=O)[C@H](C)n1c2ccccc2c2nc(=O)cc(C)n21. The van der Waals surface area contributed by atoms with Crippen molar-refractivity contribution in [2.24, 2.45) is 0 Å². The number of methoxy groups -OCH3 is 1. The van der Waals surface area contributed by atoms with E-state index < -0.39 is 6.04 Å². The van der Waals surface area contributed by atoms with Crippen molar-refractivity contribution in [1.29, 1.82) is 0 Å². The van der Waals surface area contributed by atoms with E-state index in [1.165, 1.54) is 6.07 Å². The number of nitrogens with zero attached hydrogens (tertiary/aromatic N) is 3. The van der Waals surface area contributed by atoms with E-state index in [1.54, 1.807) is 7.11 Å². The summed E-state index contributed by atoms with van der Waals surface area (Å²) >= 11 is 3.45. The summed E-state index contributed by atoms with van der Waals surface area (Å²) in [6.45, 7) is 3.99. The molecule has 154 valence electrons. The van der Waals surface area contributed by atoms with Crippen LogP contribution in [-0.4, -0.2) is 27.2 Å². The molecule has 0 saturated heterocycles. The fourth-order valence-electron chi connectivity index (χ4n) is 3.72. The number of para-hydroxylation sites is 1. The number of ether oxygens (including phenoxy) is 1. The van der Waals surface area contributed by atoms with E-state index in [1.807, 2.05) is 65.5 Å². The Morgan fingerprint density at radius 1 is 1.23 bits per heavy atom. The number of fused-ring (bicyclic) bond motifs is 3. The standard InChI is InChI=1S/C22H21BrN4O3/c1-13-10-20(28)25-21-17-6-4-5-7-18(17)27(26(13)21)14(2)22(29)24-12-15-11-16(23)8-9-19(15)30-3/h4-11,14H,12H2,1-3H3,(H,24,29)/t14-/m0/s1. The van der Waals surface area contributed by atoms with Crippen molar-refractivity contribution in [2.45, 2.75) is 26.4 Å². The van der Waals surface area contributed by atoms with Crippen molar-refractivity contribution < 1.29 is 9.53 Å².